The quantitative estimate of drug-likeness (QED) is 0.558. The van der Waals surface area contributed by atoms with Crippen molar-refractivity contribution in [3.05, 3.63) is 59.7 Å². The SMILES string of the molecule is O=C(N[C@@H](COCCN1CCC(F)(F)C1)C(=O)O)OCC1c2ccccc2-c2ccccc21. The number of rotatable bonds is 9. The second-order valence-electron chi connectivity index (χ2n) is 8.32. The summed E-state index contributed by atoms with van der Waals surface area (Å²) in [6.07, 6.45) is -1.04. The lowest BCUT2D eigenvalue weighted by Gasteiger charge is -2.19. The second kappa shape index (κ2) is 9.84. The van der Waals surface area contributed by atoms with Crippen LogP contribution < -0.4 is 5.32 Å². The maximum atomic E-state index is 13.2. The van der Waals surface area contributed by atoms with Crippen molar-refractivity contribution in [3.63, 3.8) is 0 Å². The number of aliphatic carboxylic acids is 1. The Balaban J connectivity index is 1.26. The minimum Gasteiger partial charge on any atom is -0.480 e. The highest BCUT2D eigenvalue weighted by Gasteiger charge is 2.37. The fourth-order valence-electron chi connectivity index (χ4n) is 4.35. The van der Waals surface area contributed by atoms with Crippen molar-refractivity contribution < 1.29 is 33.0 Å². The van der Waals surface area contributed by atoms with Crippen LogP contribution in [0, 0.1) is 0 Å². The van der Waals surface area contributed by atoms with Crippen molar-refractivity contribution in [2.45, 2.75) is 24.3 Å². The number of benzene rings is 2. The van der Waals surface area contributed by atoms with Gasteiger partial charge >= 0.3 is 12.1 Å². The zero-order valence-electron chi connectivity index (χ0n) is 18.0. The number of fused-ring (bicyclic) bond motifs is 3. The Morgan fingerprint density at radius 1 is 1.12 bits per heavy atom. The number of alkyl carbamates (subject to hydrolysis) is 1. The molecule has 1 atom stereocenters. The summed E-state index contributed by atoms with van der Waals surface area (Å²) in [5, 5.41) is 11.7. The van der Waals surface area contributed by atoms with Crippen LogP contribution in [0.25, 0.3) is 11.1 Å². The van der Waals surface area contributed by atoms with Crippen LogP contribution in [0.1, 0.15) is 23.5 Å². The topological polar surface area (TPSA) is 88.1 Å². The Morgan fingerprint density at radius 3 is 2.33 bits per heavy atom. The number of carboxylic acid groups (broad SMARTS) is 1. The highest BCUT2D eigenvalue weighted by Crippen LogP contribution is 2.44. The Hall–Kier alpha value is -3.04. The molecular weight excluding hydrogens is 434 g/mol. The number of amides is 1. The van der Waals surface area contributed by atoms with Crippen LogP contribution in [-0.4, -0.2) is 73.5 Å². The molecule has 7 nitrogen and oxygen atoms in total. The molecule has 0 saturated carbocycles. The predicted octanol–water partition coefficient (Wildman–Crippen LogP) is 3.34. The first-order valence-electron chi connectivity index (χ1n) is 10.9. The van der Waals surface area contributed by atoms with Gasteiger partial charge in [0, 0.05) is 25.4 Å². The summed E-state index contributed by atoms with van der Waals surface area (Å²) >= 11 is 0. The molecule has 176 valence electrons. The van der Waals surface area contributed by atoms with Crippen LogP contribution in [-0.2, 0) is 14.3 Å². The van der Waals surface area contributed by atoms with Crippen molar-refractivity contribution in [3.8, 4) is 11.1 Å². The molecule has 1 fully saturated rings. The smallest absolute Gasteiger partial charge is 0.407 e. The number of carbonyl (C=O) groups excluding carboxylic acids is 1. The number of halogens is 2. The van der Waals surface area contributed by atoms with Crippen molar-refractivity contribution in [1.82, 2.24) is 10.2 Å². The van der Waals surface area contributed by atoms with Crippen molar-refractivity contribution in [2.24, 2.45) is 0 Å². The minimum atomic E-state index is -2.69. The van der Waals surface area contributed by atoms with Crippen LogP contribution >= 0.6 is 0 Å². The third-order valence-corrected chi connectivity index (χ3v) is 6.02. The second-order valence-corrected chi connectivity index (χ2v) is 8.32. The number of nitrogens with one attached hydrogen (secondary N) is 1. The number of carbonyl (C=O) groups is 2. The van der Waals surface area contributed by atoms with E-state index in [-0.39, 0.29) is 51.8 Å². The monoisotopic (exact) mass is 460 g/mol. The lowest BCUT2D eigenvalue weighted by molar-refractivity contribution is -0.141. The van der Waals surface area contributed by atoms with E-state index in [1.54, 1.807) is 4.90 Å². The molecule has 2 N–H and O–H groups in total. The van der Waals surface area contributed by atoms with E-state index in [0.29, 0.717) is 0 Å². The largest absolute Gasteiger partial charge is 0.480 e. The number of ether oxygens (including phenoxy) is 2. The van der Waals surface area contributed by atoms with E-state index in [0.717, 1.165) is 22.3 Å². The minimum absolute atomic E-state index is 0.0657. The molecule has 4 rings (SSSR count). The average Bonchev–Trinajstić information content (AvgIpc) is 3.31. The van der Waals surface area contributed by atoms with Gasteiger partial charge in [-0.05, 0) is 22.3 Å². The number of hydrogen-bond acceptors (Lipinski definition) is 5. The molecule has 0 unspecified atom stereocenters. The number of likely N-dealkylation sites (tertiary alicyclic amines) is 1. The van der Waals surface area contributed by atoms with Crippen molar-refractivity contribution in [1.29, 1.82) is 0 Å². The van der Waals surface area contributed by atoms with E-state index >= 15 is 0 Å². The molecule has 1 heterocycles. The molecule has 0 radical (unpaired) electrons. The first kappa shape index (κ1) is 23.1. The van der Waals surface area contributed by atoms with E-state index in [1.807, 2.05) is 48.5 Å². The van der Waals surface area contributed by atoms with Gasteiger partial charge in [-0.25, -0.2) is 18.4 Å². The van der Waals surface area contributed by atoms with Gasteiger partial charge in [0.2, 0.25) is 0 Å². The zero-order valence-corrected chi connectivity index (χ0v) is 18.0. The number of hydrogen-bond donors (Lipinski definition) is 2. The molecule has 2 aliphatic rings. The molecule has 1 amide bonds. The summed E-state index contributed by atoms with van der Waals surface area (Å²) in [5.41, 5.74) is 4.29. The molecule has 2 aromatic rings. The zero-order chi connectivity index (χ0) is 23.4. The molecule has 0 aromatic heterocycles. The Bertz CT molecular complexity index is 970. The van der Waals surface area contributed by atoms with Crippen molar-refractivity contribution in [2.75, 3.05) is 39.5 Å². The van der Waals surface area contributed by atoms with Gasteiger partial charge in [0.15, 0.2) is 6.04 Å². The Kier molecular flexibility index (Phi) is 6.90. The van der Waals surface area contributed by atoms with Crippen LogP contribution in [0.4, 0.5) is 13.6 Å². The van der Waals surface area contributed by atoms with Gasteiger partial charge in [-0.1, -0.05) is 48.5 Å². The highest BCUT2D eigenvalue weighted by molar-refractivity contribution is 5.81. The molecule has 9 heteroatoms. The molecule has 2 aromatic carbocycles. The highest BCUT2D eigenvalue weighted by atomic mass is 19.3. The van der Waals surface area contributed by atoms with Gasteiger partial charge in [-0.2, -0.15) is 0 Å². The Labute approximate surface area is 190 Å². The van der Waals surface area contributed by atoms with Gasteiger partial charge in [-0.3, -0.25) is 4.90 Å². The number of nitrogens with zero attached hydrogens (tertiary/aromatic N) is 1. The molecule has 33 heavy (non-hydrogen) atoms. The summed E-state index contributed by atoms with van der Waals surface area (Å²) in [6, 6.07) is 14.5. The maximum absolute atomic E-state index is 13.2. The summed E-state index contributed by atoms with van der Waals surface area (Å²) in [6.45, 7) is 0.0898. The predicted molar refractivity (Wildman–Crippen MR) is 116 cm³/mol. The van der Waals surface area contributed by atoms with Gasteiger partial charge in [-0.15, -0.1) is 0 Å². The third-order valence-electron chi connectivity index (χ3n) is 6.02. The molecule has 0 bridgehead atoms. The number of carboxylic acids is 1. The van der Waals surface area contributed by atoms with E-state index in [9.17, 15) is 23.5 Å². The first-order chi connectivity index (χ1) is 15.8. The van der Waals surface area contributed by atoms with E-state index in [4.69, 9.17) is 9.47 Å². The fraction of sp³-hybridized carbons (Fsp3) is 0.417. The third kappa shape index (κ3) is 5.48. The van der Waals surface area contributed by atoms with Crippen LogP contribution in [0.2, 0.25) is 0 Å². The van der Waals surface area contributed by atoms with Gasteiger partial charge in [0.05, 0.1) is 19.8 Å². The fourth-order valence-corrected chi connectivity index (χ4v) is 4.35. The van der Waals surface area contributed by atoms with Crippen LogP contribution in [0.3, 0.4) is 0 Å². The molecule has 1 saturated heterocycles. The summed E-state index contributed by atoms with van der Waals surface area (Å²) < 4.78 is 37.1. The Morgan fingerprint density at radius 2 is 1.76 bits per heavy atom. The van der Waals surface area contributed by atoms with E-state index in [2.05, 4.69) is 5.32 Å². The lowest BCUT2D eigenvalue weighted by atomic mass is 9.98. The average molecular weight is 460 g/mol. The maximum Gasteiger partial charge on any atom is 0.407 e. The first-order valence-corrected chi connectivity index (χ1v) is 10.9. The molecule has 1 aliphatic heterocycles. The van der Waals surface area contributed by atoms with E-state index < -0.39 is 24.0 Å². The lowest BCUT2D eigenvalue weighted by Crippen LogP contribution is -2.45. The summed E-state index contributed by atoms with van der Waals surface area (Å²) in [4.78, 5) is 25.4. The van der Waals surface area contributed by atoms with E-state index in [1.165, 1.54) is 0 Å². The van der Waals surface area contributed by atoms with Crippen LogP contribution in [0.5, 0.6) is 0 Å². The number of alkyl halides is 2. The van der Waals surface area contributed by atoms with Gasteiger partial charge in [0.25, 0.3) is 5.92 Å². The van der Waals surface area contributed by atoms with Gasteiger partial charge < -0.3 is 19.9 Å². The summed E-state index contributed by atoms with van der Waals surface area (Å²) in [5.74, 6) is -4.09. The molecule has 1 aliphatic carbocycles. The summed E-state index contributed by atoms with van der Waals surface area (Å²) in [7, 11) is 0. The standard InChI is InChI=1S/C24H26F2N2O5/c25-24(26)9-10-28(15-24)11-12-32-14-21(22(29)30)27-23(31)33-13-20-18-7-3-1-5-16(18)17-6-2-4-8-19(17)20/h1-8,20-21H,9-15H2,(H,27,31)(H,29,30)/t21-/m0/s1. The van der Waals surface area contributed by atoms with Crippen LogP contribution in [0.15, 0.2) is 48.5 Å². The molecular formula is C24H26F2N2O5. The normalized spacial score (nSPS) is 17.9. The van der Waals surface area contributed by atoms with Gasteiger partial charge in [0.1, 0.15) is 6.61 Å². The van der Waals surface area contributed by atoms with Crippen molar-refractivity contribution >= 4 is 12.1 Å². The molecule has 0 spiro atoms.